The van der Waals surface area contributed by atoms with E-state index in [0.717, 1.165) is 18.0 Å². The quantitative estimate of drug-likeness (QED) is 0.839. The summed E-state index contributed by atoms with van der Waals surface area (Å²) >= 11 is 6.18. The van der Waals surface area contributed by atoms with Crippen LogP contribution in [-0.2, 0) is 6.42 Å². The lowest BCUT2D eigenvalue weighted by Crippen LogP contribution is -2.38. The number of nitrogens with one attached hydrogen (secondary N) is 1. The molecule has 0 spiro atoms. The monoisotopic (exact) mass is 252 g/mol. The molecule has 0 amide bonds. The first-order valence-corrected chi connectivity index (χ1v) is 6.85. The van der Waals surface area contributed by atoms with E-state index in [9.17, 15) is 0 Å². The number of nitrogens with zero attached hydrogens (tertiary/aromatic N) is 1. The molecule has 1 unspecified atom stereocenters. The first kappa shape index (κ1) is 12.8. The average molecular weight is 253 g/mol. The van der Waals surface area contributed by atoms with E-state index in [1.165, 1.54) is 24.8 Å². The molecule has 1 aromatic heterocycles. The van der Waals surface area contributed by atoms with Crippen molar-refractivity contribution in [2.45, 2.75) is 45.6 Å². The highest BCUT2D eigenvalue weighted by atomic mass is 35.5. The molecule has 1 aliphatic rings. The van der Waals surface area contributed by atoms with Gasteiger partial charge in [-0.05, 0) is 49.3 Å². The number of rotatable bonds is 6. The normalized spacial score (nSPS) is 19.0. The van der Waals surface area contributed by atoms with Gasteiger partial charge in [0.1, 0.15) is 0 Å². The predicted octanol–water partition coefficient (Wildman–Crippen LogP) is 3.45. The molecule has 3 heteroatoms. The molecule has 0 bridgehead atoms. The van der Waals surface area contributed by atoms with Gasteiger partial charge < -0.3 is 5.32 Å². The van der Waals surface area contributed by atoms with Gasteiger partial charge >= 0.3 is 0 Å². The molecule has 1 aromatic rings. The van der Waals surface area contributed by atoms with Gasteiger partial charge in [0, 0.05) is 18.4 Å². The summed E-state index contributed by atoms with van der Waals surface area (Å²) in [6.07, 6.45) is 8.42. The van der Waals surface area contributed by atoms with Crippen LogP contribution >= 0.6 is 11.6 Å². The summed E-state index contributed by atoms with van der Waals surface area (Å²) in [5.74, 6) is 0. The van der Waals surface area contributed by atoms with Crippen LogP contribution in [0.4, 0.5) is 0 Å². The van der Waals surface area contributed by atoms with Gasteiger partial charge in [-0.1, -0.05) is 25.4 Å². The van der Waals surface area contributed by atoms with Crippen molar-refractivity contribution in [2.24, 2.45) is 5.41 Å². The van der Waals surface area contributed by atoms with Crippen molar-refractivity contribution in [3.05, 3.63) is 29.0 Å². The molecule has 1 fully saturated rings. The molecular weight excluding hydrogens is 232 g/mol. The molecule has 2 rings (SSSR count). The van der Waals surface area contributed by atoms with Crippen molar-refractivity contribution in [2.75, 3.05) is 6.54 Å². The molecule has 94 valence electrons. The SMILES string of the molecule is CCCNC(Cc1ccncc1Cl)C1(C)CC1. The second kappa shape index (κ2) is 5.36. The van der Waals surface area contributed by atoms with Crippen molar-refractivity contribution in [3.8, 4) is 0 Å². The Balaban J connectivity index is 2.05. The Morgan fingerprint density at radius 3 is 2.88 bits per heavy atom. The second-order valence-corrected chi connectivity index (χ2v) is 5.74. The topological polar surface area (TPSA) is 24.9 Å². The van der Waals surface area contributed by atoms with Gasteiger partial charge in [0.05, 0.1) is 5.02 Å². The maximum Gasteiger partial charge on any atom is 0.0621 e. The third kappa shape index (κ3) is 3.20. The van der Waals surface area contributed by atoms with Crippen LogP contribution in [0.5, 0.6) is 0 Å². The van der Waals surface area contributed by atoms with Gasteiger partial charge in [-0.2, -0.15) is 0 Å². The minimum absolute atomic E-state index is 0.474. The zero-order chi connectivity index (χ0) is 12.3. The summed E-state index contributed by atoms with van der Waals surface area (Å²) in [5.41, 5.74) is 1.69. The lowest BCUT2D eigenvalue weighted by molar-refractivity contribution is 0.354. The van der Waals surface area contributed by atoms with Crippen LogP contribution < -0.4 is 5.32 Å². The number of hydrogen-bond donors (Lipinski definition) is 1. The van der Waals surface area contributed by atoms with E-state index in [1.807, 2.05) is 12.3 Å². The van der Waals surface area contributed by atoms with Crippen LogP contribution in [-0.4, -0.2) is 17.6 Å². The predicted molar refractivity (Wildman–Crippen MR) is 72.4 cm³/mol. The van der Waals surface area contributed by atoms with Gasteiger partial charge in [-0.3, -0.25) is 4.98 Å². The van der Waals surface area contributed by atoms with Crippen LogP contribution in [0.1, 0.15) is 38.7 Å². The third-order valence-corrected chi connectivity index (χ3v) is 4.14. The molecule has 1 N–H and O–H groups in total. The Kier molecular flexibility index (Phi) is 4.05. The molecular formula is C14H21ClN2. The smallest absolute Gasteiger partial charge is 0.0621 e. The van der Waals surface area contributed by atoms with Gasteiger partial charge in [-0.15, -0.1) is 0 Å². The van der Waals surface area contributed by atoms with Gasteiger partial charge in [-0.25, -0.2) is 0 Å². The van der Waals surface area contributed by atoms with Gasteiger partial charge in [0.2, 0.25) is 0 Å². The molecule has 1 aliphatic carbocycles. The Labute approximate surface area is 109 Å². The van der Waals surface area contributed by atoms with Crippen LogP contribution in [0.3, 0.4) is 0 Å². The van der Waals surface area contributed by atoms with E-state index in [4.69, 9.17) is 11.6 Å². The summed E-state index contributed by atoms with van der Waals surface area (Å²) in [6.45, 7) is 5.66. The van der Waals surface area contributed by atoms with Crippen molar-refractivity contribution in [3.63, 3.8) is 0 Å². The molecule has 2 nitrogen and oxygen atoms in total. The van der Waals surface area contributed by atoms with Crippen molar-refractivity contribution < 1.29 is 0 Å². The minimum atomic E-state index is 0.474. The van der Waals surface area contributed by atoms with Crippen molar-refractivity contribution in [1.82, 2.24) is 10.3 Å². The van der Waals surface area contributed by atoms with Crippen LogP contribution in [0.2, 0.25) is 5.02 Å². The van der Waals surface area contributed by atoms with E-state index in [-0.39, 0.29) is 0 Å². The Bertz CT molecular complexity index is 374. The summed E-state index contributed by atoms with van der Waals surface area (Å²) in [5, 5.41) is 4.46. The Hall–Kier alpha value is -0.600. The molecule has 1 heterocycles. The third-order valence-electron chi connectivity index (χ3n) is 3.80. The Morgan fingerprint density at radius 2 is 2.29 bits per heavy atom. The van der Waals surface area contributed by atoms with E-state index >= 15 is 0 Å². The maximum absolute atomic E-state index is 6.18. The van der Waals surface area contributed by atoms with E-state index in [1.54, 1.807) is 6.20 Å². The summed E-state index contributed by atoms with van der Waals surface area (Å²) in [6, 6.07) is 2.58. The molecule has 1 atom stereocenters. The Morgan fingerprint density at radius 1 is 1.53 bits per heavy atom. The van der Waals surface area contributed by atoms with E-state index in [0.29, 0.717) is 11.5 Å². The fourth-order valence-corrected chi connectivity index (χ4v) is 2.42. The van der Waals surface area contributed by atoms with Crippen molar-refractivity contribution in [1.29, 1.82) is 0 Å². The fraction of sp³-hybridized carbons (Fsp3) is 0.643. The van der Waals surface area contributed by atoms with Gasteiger partial charge in [0.25, 0.3) is 0 Å². The van der Waals surface area contributed by atoms with Crippen LogP contribution in [0.15, 0.2) is 18.5 Å². The summed E-state index contributed by atoms with van der Waals surface area (Å²) in [4.78, 5) is 4.04. The minimum Gasteiger partial charge on any atom is -0.313 e. The highest BCUT2D eigenvalue weighted by Crippen LogP contribution is 2.49. The molecule has 1 saturated carbocycles. The maximum atomic E-state index is 6.18. The highest BCUT2D eigenvalue weighted by Gasteiger charge is 2.44. The van der Waals surface area contributed by atoms with Crippen LogP contribution in [0, 0.1) is 5.41 Å². The molecule has 0 saturated heterocycles. The molecule has 0 aliphatic heterocycles. The average Bonchev–Trinajstić information content (AvgIpc) is 3.06. The lowest BCUT2D eigenvalue weighted by atomic mass is 9.92. The standard InChI is InChI=1S/C14H21ClN2/c1-3-7-17-13(14(2)5-6-14)9-11-4-8-16-10-12(11)15/h4,8,10,13,17H,3,5-7,9H2,1-2H3. The zero-order valence-electron chi connectivity index (χ0n) is 10.7. The summed E-state index contributed by atoms with van der Waals surface area (Å²) in [7, 11) is 0. The number of pyridine rings is 1. The largest absolute Gasteiger partial charge is 0.313 e. The highest BCUT2D eigenvalue weighted by molar-refractivity contribution is 6.31. The van der Waals surface area contributed by atoms with E-state index < -0.39 is 0 Å². The fourth-order valence-electron chi connectivity index (χ4n) is 2.22. The summed E-state index contributed by atoms with van der Waals surface area (Å²) < 4.78 is 0. The number of aromatic nitrogens is 1. The van der Waals surface area contributed by atoms with Crippen LogP contribution in [0.25, 0.3) is 0 Å². The molecule has 0 aromatic carbocycles. The lowest BCUT2D eigenvalue weighted by Gasteiger charge is -2.25. The molecule has 0 radical (unpaired) electrons. The number of halogens is 1. The second-order valence-electron chi connectivity index (χ2n) is 5.33. The first-order valence-electron chi connectivity index (χ1n) is 6.47. The van der Waals surface area contributed by atoms with E-state index in [2.05, 4.69) is 24.1 Å². The van der Waals surface area contributed by atoms with Crippen molar-refractivity contribution >= 4 is 11.6 Å². The first-order chi connectivity index (χ1) is 8.15. The zero-order valence-corrected chi connectivity index (χ0v) is 11.4. The molecule has 17 heavy (non-hydrogen) atoms. The number of hydrogen-bond acceptors (Lipinski definition) is 2. The van der Waals surface area contributed by atoms with Gasteiger partial charge in [0.15, 0.2) is 0 Å².